The number of aromatic amines is 1. The summed E-state index contributed by atoms with van der Waals surface area (Å²) < 4.78 is 10.2. The molecule has 0 spiro atoms. The van der Waals surface area contributed by atoms with Crippen molar-refractivity contribution in [1.82, 2.24) is 15.0 Å². The van der Waals surface area contributed by atoms with E-state index in [4.69, 9.17) is 20.8 Å². The van der Waals surface area contributed by atoms with Gasteiger partial charge in [-0.15, -0.1) is 0 Å². The molecule has 0 aliphatic carbocycles. The van der Waals surface area contributed by atoms with Crippen LogP contribution in [0.15, 0.2) is 53.3 Å². The van der Waals surface area contributed by atoms with Crippen LogP contribution in [0.25, 0.3) is 22.6 Å². The van der Waals surface area contributed by atoms with Crippen LogP contribution in [0.2, 0.25) is 5.02 Å². The zero-order chi connectivity index (χ0) is 22.0. The number of ether oxygens (including phenoxy) is 1. The summed E-state index contributed by atoms with van der Waals surface area (Å²) in [7, 11) is 0. The minimum atomic E-state index is -0.570. The highest BCUT2D eigenvalue weighted by Gasteiger charge is 2.14. The number of nitrogens with one attached hydrogen (secondary N) is 3. The third kappa shape index (κ3) is 4.67. The first-order valence-corrected chi connectivity index (χ1v) is 9.75. The summed E-state index contributed by atoms with van der Waals surface area (Å²) in [4.78, 5) is 35.9. The number of carbonyl (C=O) groups excluding carboxylic acids is 2. The van der Waals surface area contributed by atoms with Gasteiger partial charge >= 0.3 is 6.09 Å². The summed E-state index contributed by atoms with van der Waals surface area (Å²) in [6, 6.07) is 9.92. The van der Waals surface area contributed by atoms with Crippen LogP contribution in [-0.4, -0.2) is 33.1 Å². The molecule has 9 nitrogen and oxygen atoms in total. The van der Waals surface area contributed by atoms with Crippen molar-refractivity contribution in [3.63, 3.8) is 0 Å². The Morgan fingerprint density at radius 2 is 2.00 bits per heavy atom. The molecule has 0 atom stereocenters. The average molecular weight is 440 g/mol. The average Bonchev–Trinajstić information content (AvgIpc) is 3.38. The molecule has 0 aliphatic heterocycles. The van der Waals surface area contributed by atoms with E-state index in [-0.39, 0.29) is 17.8 Å². The number of hydrogen-bond donors (Lipinski definition) is 3. The Kier molecular flexibility index (Phi) is 5.59. The summed E-state index contributed by atoms with van der Waals surface area (Å²) in [5.74, 6) is 0.275. The van der Waals surface area contributed by atoms with Crippen molar-refractivity contribution in [2.24, 2.45) is 0 Å². The molecule has 0 aliphatic rings. The lowest BCUT2D eigenvalue weighted by molar-refractivity contribution is 0.0996. The van der Waals surface area contributed by atoms with E-state index in [1.54, 1.807) is 50.2 Å². The van der Waals surface area contributed by atoms with Crippen LogP contribution < -0.4 is 10.6 Å². The van der Waals surface area contributed by atoms with Gasteiger partial charge in [0.05, 0.1) is 34.8 Å². The number of anilines is 2. The number of imidazole rings is 1. The molecule has 31 heavy (non-hydrogen) atoms. The van der Waals surface area contributed by atoms with Crippen molar-refractivity contribution in [2.45, 2.75) is 20.0 Å². The lowest BCUT2D eigenvalue weighted by Gasteiger charge is -2.08. The topological polar surface area (TPSA) is 122 Å². The third-order valence-corrected chi connectivity index (χ3v) is 4.48. The molecule has 3 aromatic heterocycles. The van der Waals surface area contributed by atoms with E-state index in [0.29, 0.717) is 38.9 Å². The highest BCUT2D eigenvalue weighted by molar-refractivity contribution is 6.33. The Bertz CT molecular complexity index is 1250. The minimum Gasteiger partial charge on any atom is -0.459 e. The van der Waals surface area contributed by atoms with Crippen molar-refractivity contribution >= 4 is 46.1 Å². The lowest BCUT2D eigenvalue weighted by Crippen LogP contribution is -2.18. The van der Waals surface area contributed by atoms with E-state index < -0.39 is 6.09 Å². The Morgan fingerprint density at radius 3 is 2.74 bits per heavy atom. The normalized spacial score (nSPS) is 11.0. The van der Waals surface area contributed by atoms with Crippen LogP contribution in [0.1, 0.15) is 24.4 Å². The number of hydrogen-bond acceptors (Lipinski definition) is 6. The number of amides is 2. The summed E-state index contributed by atoms with van der Waals surface area (Å²) in [5.41, 5.74) is 2.59. The SMILES string of the molecule is CC(C)OC(=O)Nc1cnc2nc(-c3cc(NC(=O)c4ccco4)ccc3Cl)[nH]c2c1. The molecule has 2 amide bonds. The smallest absolute Gasteiger partial charge is 0.411 e. The van der Waals surface area contributed by atoms with Crippen LogP contribution in [-0.2, 0) is 4.74 Å². The van der Waals surface area contributed by atoms with Crippen LogP contribution in [0, 0.1) is 0 Å². The van der Waals surface area contributed by atoms with E-state index in [1.165, 1.54) is 12.5 Å². The number of aromatic nitrogens is 3. The number of rotatable bonds is 5. The predicted molar refractivity (Wildman–Crippen MR) is 116 cm³/mol. The maximum Gasteiger partial charge on any atom is 0.411 e. The molecule has 1 aromatic carbocycles. The molecule has 4 rings (SSSR count). The molecular formula is C21H18ClN5O4. The van der Waals surface area contributed by atoms with Crippen molar-refractivity contribution in [3.8, 4) is 11.4 Å². The quantitative estimate of drug-likeness (QED) is 0.398. The Labute approximate surface area is 181 Å². The number of H-pyrrole nitrogens is 1. The second-order valence-electron chi connectivity index (χ2n) is 6.89. The Morgan fingerprint density at radius 1 is 1.16 bits per heavy atom. The monoisotopic (exact) mass is 439 g/mol. The standard InChI is InChI=1S/C21H18ClN5O4/c1-11(2)31-21(29)25-13-9-16-19(23-10-13)27-18(26-16)14-8-12(5-6-15(14)22)24-20(28)17-4-3-7-30-17/h3-11H,1-2H3,(H,24,28)(H,25,29)(H,23,26,27). The molecule has 158 valence electrons. The molecule has 3 N–H and O–H groups in total. The van der Waals surface area contributed by atoms with Gasteiger partial charge in [-0.2, -0.15) is 0 Å². The van der Waals surface area contributed by atoms with Gasteiger partial charge in [0.15, 0.2) is 11.4 Å². The number of carbonyl (C=O) groups is 2. The molecule has 10 heteroatoms. The van der Waals surface area contributed by atoms with Gasteiger partial charge in [-0.3, -0.25) is 10.1 Å². The molecule has 3 heterocycles. The first-order valence-electron chi connectivity index (χ1n) is 9.37. The summed E-state index contributed by atoms with van der Waals surface area (Å²) in [6.45, 7) is 3.52. The Balaban J connectivity index is 1.59. The number of fused-ring (bicyclic) bond motifs is 1. The maximum absolute atomic E-state index is 12.2. The van der Waals surface area contributed by atoms with Gasteiger partial charge in [-0.25, -0.2) is 14.8 Å². The highest BCUT2D eigenvalue weighted by Crippen LogP contribution is 2.30. The first kappa shape index (κ1) is 20.4. The van der Waals surface area contributed by atoms with Gasteiger partial charge in [0.25, 0.3) is 5.91 Å². The minimum absolute atomic E-state index is 0.195. The lowest BCUT2D eigenvalue weighted by atomic mass is 10.2. The molecule has 0 radical (unpaired) electrons. The molecule has 4 aromatic rings. The van der Waals surface area contributed by atoms with Gasteiger partial charge in [0, 0.05) is 11.3 Å². The van der Waals surface area contributed by atoms with E-state index in [0.717, 1.165) is 0 Å². The molecule has 0 fully saturated rings. The number of pyridine rings is 1. The van der Waals surface area contributed by atoms with Gasteiger partial charge < -0.3 is 19.5 Å². The van der Waals surface area contributed by atoms with Crippen molar-refractivity contribution in [1.29, 1.82) is 0 Å². The summed E-state index contributed by atoms with van der Waals surface area (Å²) >= 11 is 6.36. The van der Waals surface area contributed by atoms with Crippen molar-refractivity contribution in [3.05, 3.63) is 59.6 Å². The fraction of sp³-hybridized carbons (Fsp3) is 0.143. The fourth-order valence-corrected chi connectivity index (χ4v) is 3.05. The maximum atomic E-state index is 12.2. The van der Waals surface area contributed by atoms with Crippen molar-refractivity contribution in [2.75, 3.05) is 10.6 Å². The van der Waals surface area contributed by atoms with Gasteiger partial charge in [0.1, 0.15) is 5.82 Å². The third-order valence-electron chi connectivity index (χ3n) is 4.15. The summed E-state index contributed by atoms with van der Waals surface area (Å²) in [5, 5.41) is 5.81. The van der Waals surface area contributed by atoms with Crippen molar-refractivity contribution < 1.29 is 18.7 Å². The van der Waals surface area contributed by atoms with Crippen LogP contribution in [0.4, 0.5) is 16.2 Å². The van der Waals surface area contributed by atoms with E-state index in [2.05, 4.69) is 25.6 Å². The molecule has 0 saturated carbocycles. The number of furan rings is 1. The van der Waals surface area contributed by atoms with Crippen LogP contribution >= 0.6 is 11.6 Å². The molecular weight excluding hydrogens is 422 g/mol. The predicted octanol–water partition coefficient (Wildman–Crippen LogP) is 5.08. The zero-order valence-electron chi connectivity index (χ0n) is 16.6. The number of nitrogens with zero attached hydrogens (tertiary/aromatic N) is 2. The fourth-order valence-electron chi connectivity index (χ4n) is 2.84. The first-order chi connectivity index (χ1) is 14.9. The second kappa shape index (κ2) is 8.49. The molecule has 0 bridgehead atoms. The zero-order valence-corrected chi connectivity index (χ0v) is 17.4. The highest BCUT2D eigenvalue weighted by atomic mass is 35.5. The van der Waals surface area contributed by atoms with Gasteiger partial charge in [-0.1, -0.05) is 11.6 Å². The number of halogens is 1. The number of benzene rings is 1. The van der Waals surface area contributed by atoms with Crippen LogP contribution in [0.3, 0.4) is 0 Å². The Hall–Kier alpha value is -3.85. The van der Waals surface area contributed by atoms with Crippen LogP contribution in [0.5, 0.6) is 0 Å². The van der Waals surface area contributed by atoms with E-state index in [1.807, 2.05) is 0 Å². The molecule has 0 unspecified atom stereocenters. The van der Waals surface area contributed by atoms with E-state index >= 15 is 0 Å². The summed E-state index contributed by atoms with van der Waals surface area (Å²) in [6.07, 6.45) is 2.10. The second-order valence-corrected chi connectivity index (χ2v) is 7.29. The molecule has 0 saturated heterocycles. The van der Waals surface area contributed by atoms with Gasteiger partial charge in [-0.05, 0) is 50.2 Å². The van der Waals surface area contributed by atoms with E-state index in [9.17, 15) is 9.59 Å². The van der Waals surface area contributed by atoms with Gasteiger partial charge in [0.2, 0.25) is 0 Å². The largest absolute Gasteiger partial charge is 0.459 e.